The van der Waals surface area contributed by atoms with Crippen molar-refractivity contribution in [1.29, 1.82) is 0 Å². The van der Waals surface area contributed by atoms with Gasteiger partial charge in [-0.05, 0) is 61.7 Å². The molecule has 0 atom stereocenters. The number of aromatic nitrogens is 1. The summed E-state index contributed by atoms with van der Waals surface area (Å²) in [5.74, 6) is 0.159. The van der Waals surface area contributed by atoms with E-state index in [1.807, 2.05) is 30.5 Å². The highest BCUT2D eigenvalue weighted by molar-refractivity contribution is 5.93. The van der Waals surface area contributed by atoms with Crippen molar-refractivity contribution in [2.24, 2.45) is 0 Å². The van der Waals surface area contributed by atoms with Crippen LogP contribution in [-0.2, 0) is 23.9 Å². The Kier molecular flexibility index (Phi) is 9.21. The summed E-state index contributed by atoms with van der Waals surface area (Å²) in [5.41, 5.74) is 2.26. The number of halogens is 3. The molecule has 1 heterocycles. The van der Waals surface area contributed by atoms with Crippen molar-refractivity contribution in [3.63, 3.8) is 0 Å². The van der Waals surface area contributed by atoms with Crippen molar-refractivity contribution in [1.82, 2.24) is 14.8 Å². The molecule has 0 aliphatic heterocycles. The third-order valence-corrected chi connectivity index (χ3v) is 6.87. The lowest BCUT2D eigenvalue weighted by Gasteiger charge is -2.30. The predicted molar refractivity (Wildman–Crippen MR) is 153 cm³/mol. The Bertz CT molecular complexity index is 1480. The van der Waals surface area contributed by atoms with Gasteiger partial charge in [-0.25, -0.2) is 4.79 Å². The molecule has 0 fully saturated rings. The number of para-hydroxylation sites is 3. The second kappa shape index (κ2) is 12.8. The molecule has 4 aromatic rings. The van der Waals surface area contributed by atoms with Crippen molar-refractivity contribution in [3.8, 4) is 5.75 Å². The highest BCUT2D eigenvalue weighted by atomic mass is 19.4. The first-order valence-corrected chi connectivity index (χ1v) is 13.3. The summed E-state index contributed by atoms with van der Waals surface area (Å²) in [4.78, 5) is 33.1. The maximum Gasteiger partial charge on any atom is 0.416 e. The molecule has 0 bridgehead atoms. The quantitative estimate of drug-likeness (QED) is 0.224. The number of ether oxygens (including phenoxy) is 1. The van der Waals surface area contributed by atoms with Crippen molar-refractivity contribution < 1.29 is 27.5 Å². The summed E-state index contributed by atoms with van der Waals surface area (Å²) in [6.45, 7) is 3.80. The molecule has 0 saturated heterocycles. The van der Waals surface area contributed by atoms with Crippen LogP contribution in [0.1, 0.15) is 30.5 Å². The zero-order valence-corrected chi connectivity index (χ0v) is 23.2. The van der Waals surface area contributed by atoms with Crippen LogP contribution in [0, 0.1) is 0 Å². The highest BCUT2D eigenvalue weighted by Gasteiger charge is 2.30. The molecule has 0 saturated carbocycles. The molecule has 0 unspecified atom stereocenters. The SMILES string of the molecule is COc1ccccc1NC(=O)N(CC(=O)N(CCc1c[nH]c2ccccc12)Cc1ccc(C(F)(F)F)cc1)C(C)C. The topological polar surface area (TPSA) is 77.7 Å². The van der Waals surface area contributed by atoms with Crippen molar-refractivity contribution >= 4 is 28.5 Å². The van der Waals surface area contributed by atoms with Gasteiger partial charge >= 0.3 is 12.2 Å². The highest BCUT2D eigenvalue weighted by Crippen LogP contribution is 2.29. The van der Waals surface area contributed by atoms with Crippen LogP contribution in [-0.4, -0.2) is 53.0 Å². The van der Waals surface area contributed by atoms with Gasteiger partial charge in [-0.3, -0.25) is 4.79 Å². The lowest BCUT2D eigenvalue weighted by Crippen LogP contribution is -2.47. The van der Waals surface area contributed by atoms with Gasteiger partial charge in [-0.2, -0.15) is 13.2 Å². The maximum absolute atomic E-state index is 13.7. The Morgan fingerprint density at radius 1 is 0.976 bits per heavy atom. The molecule has 0 radical (unpaired) electrons. The van der Waals surface area contributed by atoms with Crippen LogP contribution < -0.4 is 10.1 Å². The molecule has 0 aliphatic rings. The number of anilines is 1. The number of nitrogens with one attached hydrogen (secondary N) is 2. The fourth-order valence-corrected chi connectivity index (χ4v) is 4.57. The van der Waals surface area contributed by atoms with Crippen LogP contribution in [0.25, 0.3) is 10.9 Å². The Morgan fingerprint density at radius 2 is 1.66 bits per heavy atom. The minimum atomic E-state index is -4.45. The van der Waals surface area contributed by atoms with Gasteiger partial charge in [-0.15, -0.1) is 0 Å². The number of H-pyrrole nitrogens is 1. The molecule has 7 nitrogen and oxygen atoms in total. The minimum absolute atomic E-state index is 0.0966. The summed E-state index contributed by atoms with van der Waals surface area (Å²) < 4.78 is 44.6. The average molecular weight is 567 g/mol. The Hall–Kier alpha value is -4.47. The van der Waals surface area contributed by atoms with Gasteiger partial charge in [0.1, 0.15) is 12.3 Å². The smallest absolute Gasteiger partial charge is 0.416 e. The van der Waals surface area contributed by atoms with Crippen LogP contribution in [0.5, 0.6) is 5.75 Å². The van der Waals surface area contributed by atoms with Crippen molar-refractivity contribution in [2.45, 2.75) is 39.0 Å². The van der Waals surface area contributed by atoms with E-state index >= 15 is 0 Å². The number of carbonyl (C=O) groups is 2. The Morgan fingerprint density at radius 3 is 2.34 bits per heavy atom. The van der Waals surface area contributed by atoms with Gasteiger partial charge in [0.05, 0.1) is 18.4 Å². The van der Waals surface area contributed by atoms with Gasteiger partial charge < -0.3 is 24.8 Å². The first-order valence-electron chi connectivity index (χ1n) is 13.3. The van der Waals surface area contributed by atoms with E-state index in [2.05, 4.69) is 10.3 Å². The van der Waals surface area contributed by atoms with Crippen LogP contribution in [0.2, 0.25) is 0 Å². The molecule has 216 valence electrons. The fourth-order valence-electron chi connectivity index (χ4n) is 4.57. The molecule has 10 heteroatoms. The number of hydrogen-bond donors (Lipinski definition) is 2. The number of amides is 3. The van der Waals surface area contributed by atoms with Crippen LogP contribution >= 0.6 is 0 Å². The van der Waals surface area contributed by atoms with Crippen LogP contribution in [0.15, 0.2) is 79.0 Å². The number of benzene rings is 3. The summed E-state index contributed by atoms with van der Waals surface area (Å²) in [5, 5.41) is 3.85. The van der Waals surface area contributed by atoms with Gasteiger partial charge in [-0.1, -0.05) is 42.5 Å². The number of methoxy groups -OCH3 is 1. The van der Waals surface area contributed by atoms with E-state index in [0.717, 1.165) is 28.6 Å². The third-order valence-electron chi connectivity index (χ3n) is 6.87. The van der Waals surface area contributed by atoms with E-state index in [-0.39, 0.29) is 25.0 Å². The van der Waals surface area contributed by atoms with Crippen molar-refractivity contribution in [3.05, 3.63) is 95.7 Å². The Labute approximate surface area is 236 Å². The van der Waals surface area contributed by atoms with E-state index in [0.29, 0.717) is 30.0 Å². The summed E-state index contributed by atoms with van der Waals surface area (Å²) in [6, 6.07) is 18.8. The van der Waals surface area contributed by atoms with Gasteiger partial charge in [0, 0.05) is 36.2 Å². The normalized spacial score (nSPS) is 11.5. The molecular formula is C31H33F3N4O3. The molecule has 1 aromatic heterocycles. The minimum Gasteiger partial charge on any atom is -0.495 e. The number of nitrogens with zero attached hydrogens (tertiary/aromatic N) is 2. The van der Waals surface area contributed by atoms with Crippen LogP contribution in [0.3, 0.4) is 0 Å². The third kappa shape index (κ3) is 7.39. The molecule has 0 spiro atoms. The first kappa shape index (κ1) is 29.5. The zero-order valence-electron chi connectivity index (χ0n) is 23.2. The Balaban J connectivity index is 1.54. The predicted octanol–water partition coefficient (Wildman–Crippen LogP) is 6.71. The number of alkyl halides is 3. The fraction of sp³-hybridized carbons (Fsp3) is 0.290. The van der Waals surface area contributed by atoms with E-state index in [4.69, 9.17) is 4.74 Å². The summed E-state index contributed by atoms with van der Waals surface area (Å²) in [6.07, 6.45) is -2.03. The van der Waals surface area contributed by atoms with E-state index in [1.165, 1.54) is 24.1 Å². The van der Waals surface area contributed by atoms with Crippen LogP contribution in [0.4, 0.5) is 23.7 Å². The summed E-state index contributed by atoms with van der Waals surface area (Å²) in [7, 11) is 1.50. The summed E-state index contributed by atoms with van der Waals surface area (Å²) >= 11 is 0. The number of hydrogen-bond acceptors (Lipinski definition) is 3. The number of fused-ring (bicyclic) bond motifs is 1. The van der Waals surface area contributed by atoms with Crippen molar-refractivity contribution in [2.75, 3.05) is 25.5 Å². The molecule has 41 heavy (non-hydrogen) atoms. The number of urea groups is 1. The van der Waals surface area contributed by atoms with E-state index in [1.54, 1.807) is 43.0 Å². The van der Waals surface area contributed by atoms with E-state index in [9.17, 15) is 22.8 Å². The van der Waals surface area contributed by atoms with E-state index < -0.39 is 17.8 Å². The molecule has 2 N–H and O–H groups in total. The maximum atomic E-state index is 13.7. The second-order valence-electron chi connectivity index (χ2n) is 9.97. The molecular weight excluding hydrogens is 533 g/mol. The number of rotatable bonds is 10. The monoisotopic (exact) mass is 566 g/mol. The van der Waals surface area contributed by atoms with Gasteiger partial charge in [0.15, 0.2) is 0 Å². The molecule has 3 aromatic carbocycles. The van der Waals surface area contributed by atoms with Gasteiger partial charge in [0.2, 0.25) is 5.91 Å². The van der Waals surface area contributed by atoms with Gasteiger partial charge in [0.25, 0.3) is 0 Å². The lowest BCUT2D eigenvalue weighted by atomic mass is 10.1. The standard InChI is InChI=1S/C31H33F3N4O3/c1-21(2)38(30(40)36-27-10-6-7-11-28(27)41-3)20-29(39)37(19-22-12-14-24(15-13-22)31(32,33)34)17-16-23-18-35-26-9-5-4-8-25(23)26/h4-15,18,21,35H,16-17,19-20H2,1-3H3,(H,36,40). The number of aromatic amines is 1. The molecule has 4 rings (SSSR count). The average Bonchev–Trinajstić information content (AvgIpc) is 3.36. The molecule has 3 amide bonds. The first-order chi connectivity index (χ1) is 19.6. The lowest BCUT2D eigenvalue weighted by molar-refractivity contribution is -0.137. The largest absolute Gasteiger partial charge is 0.495 e. The second-order valence-corrected chi connectivity index (χ2v) is 9.97. The number of carbonyl (C=O) groups excluding carboxylic acids is 2. The zero-order chi connectivity index (χ0) is 29.6. The molecule has 0 aliphatic carbocycles.